The van der Waals surface area contributed by atoms with Gasteiger partial charge in [0.25, 0.3) is 0 Å². The second-order valence-electron chi connectivity index (χ2n) is 6.58. The van der Waals surface area contributed by atoms with E-state index in [4.69, 9.17) is 4.98 Å². The van der Waals surface area contributed by atoms with Gasteiger partial charge in [-0.25, -0.2) is 9.97 Å². The molecule has 0 unspecified atom stereocenters. The zero-order chi connectivity index (χ0) is 18.5. The molecule has 3 aromatic heterocycles. The van der Waals surface area contributed by atoms with E-state index in [2.05, 4.69) is 63.4 Å². The Bertz CT molecular complexity index is 892. The predicted octanol–water partition coefficient (Wildman–Crippen LogP) is 3.13. The van der Waals surface area contributed by atoms with Crippen molar-refractivity contribution < 1.29 is 0 Å². The minimum Gasteiger partial charge on any atom is -0.356 e. The lowest BCUT2D eigenvalue weighted by molar-refractivity contribution is 0.774. The highest BCUT2D eigenvalue weighted by Crippen LogP contribution is 2.17. The Morgan fingerprint density at radius 2 is 2.15 bits per heavy atom. The standard InChI is InChI=1S/C19H26N6S/c1-13(2)16-12-26-17(24-16)10-22-19(20-4)21-8-7-15-11-25-9-5-6-14(3)18(25)23-15/h5-6,9,11-13H,7-8,10H2,1-4H3,(H2,20,21,22). The van der Waals surface area contributed by atoms with Crippen molar-refractivity contribution in [1.82, 2.24) is 25.0 Å². The van der Waals surface area contributed by atoms with E-state index in [9.17, 15) is 0 Å². The van der Waals surface area contributed by atoms with Crippen molar-refractivity contribution in [3.05, 3.63) is 51.9 Å². The Morgan fingerprint density at radius 3 is 2.85 bits per heavy atom. The summed E-state index contributed by atoms with van der Waals surface area (Å²) >= 11 is 1.69. The van der Waals surface area contributed by atoms with Crippen LogP contribution in [0.25, 0.3) is 5.65 Å². The number of aliphatic imine (C=N–C) groups is 1. The normalized spacial score (nSPS) is 12.1. The summed E-state index contributed by atoms with van der Waals surface area (Å²) in [6.07, 6.45) is 4.96. The highest BCUT2D eigenvalue weighted by Gasteiger charge is 2.07. The van der Waals surface area contributed by atoms with Crippen LogP contribution in [0.15, 0.2) is 34.9 Å². The van der Waals surface area contributed by atoms with Crippen molar-refractivity contribution >= 4 is 22.9 Å². The van der Waals surface area contributed by atoms with Crippen molar-refractivity contribution in [1.29, 1.82) is 0 Å². The second-order valence-corrected chi connectivity index (χ2v) is 7.52. The molecule has 7 heteroatoms. The summed E-state index contributed by atoms with van der Waals surface area (Å²) in [6.45, 7) is 7.86. The minimum absolute atomic E-state index is 0.464. The fourth-order valence-electron chi connectivity index (χ4n) is 2.69. The number of aryl methyl sites for hydroxylation is 1. The quantitative estimate of drug-likeness (QED) is 0.517. The molecule has 3 rings (SSSR count). The highest BCUT2D eigenvalue weighted by atomic mass is 32.1. The Hall–Kier alpha value is -2.41. The molecule has 26 heavy (non-hydrogen) atoms. The largest absolute Gasteiger partial charge is 0.356 e. The molecule has 0 aliphatic heterocycles. The van der Waals surface area contributed by atoms with Gasteiger partial charge in [-0.2, -0.15) is 0 Å². The van der Waals surface area contributed by atoms with Crippen LogP contribution in [-0.4, -0.2) is 33.9 Å². The Balaban J connectivity index is 1.49. The first-order chi connectivity index (χ1) is 12.6. The Morgan fingerprint density at radius 1 is 1.31 bits per heavy atom. The van der Waals surface area contributed by atoms with E-state index >= 15 is 0 Å². The first-order valence-electron chi connectivity index (χ1n) is 8.89. The van der Waals surface area contributed by atoms with Crippen LogP contribution in [0.5, 0.6) is 0 Å². The average Bonchev–Trinajstić information content (AvgIpc) is 3.25. The molecule has 0 saturated carbocycles. The lowest BCUT2D eigenvalue weighted by atomic mass is 10.2. The number of rotatable bonds is 6. The van der Waals surface area contributed by atoms with E-state index in [0.717, 1.165) is 41.0 Å². The molecule has 0 spiro atoms. The third kappa shape index (κ3) is 4.40. The van der Waals surface area contributed by atoms with Crippen LogP contribution >= 0.6 is 11.3 Å². The molecule has 0 saturated heterocycles. The van der Waals surface area contributed by atoms with Gasteiger partial charge in [0.2, 0.25) is 0 Å². The van der Waals surface area contributed by atoms with Gasteiger partial charge in [-0.05, 0) is 24.5 Å². The Kier molecular flexibility index (Phi) is 5.88. The molecule has 3 aromatic rings. The zero-order valence-electron chi connectivity index (χ0n) is 15.8. The summed E-state index contributed by atoms with van der Waals surface area (Å²) in [5.41, 5.74) is 4.43. The lowest BCUT2D eigenvalue weighted by Gasteiger charge is -2.10. The Labute approximate surface area is 158 Å². The minimum atomic E-state index is 0.464. The number of pyridine rings is 1. The maximum absolute atomic E-state index is 4.70. The third-order valence-electron chi connectivity index (χ3n) is 4.19. The van der Waals surface area contributed by atoms with Gasteiger partial charge in [0.05, 0.1) is 17.9 Å². The SMILES string of the molecule is CN=C(NCCc1cn2cccc(C)c2n1)NCc1nc(C(C)C)cs1. The van der Waals surface area contributed by atoms with Crippen LogP contribution in [0.2, 0.25) is 0 Å². The van der Waals surface area contributed by atoms with Crippen LogP contribution in [0, 0.1) is 6.92 Å². The molecule has 0 aliphatic carbocycles. The molecule has 0 amide bonds. The maximum atomic E-state index is 4.70. The summed E-state index contributed by atoms with van der Waals surface area (Å²) in [4.78, 5) is 13.6. The molecule has 6 nitrogen and oxygen atoms in total. The smallest absolute Gasteiger partial charge is 0.191 e. The number of nitrogens with one attached hydrogen (secondary N) is 2. The summed E-state index contributed by atoms with van der Waals surface area (Å²) in [6, 6.07) is 4.13. The van der Waals surface area contributed by atoms with Crippen molar-refractivity contribution in [3.8, 4) is 0 Å². The van der Waals surface area contributed by atoms with Crippen LogP contribution in [0.4, 0.5) is 0 Å². The molecular formula is C19H26N6S. The number of fused-ring (bicyclic) bond motifs is 1. The topological polar surface area (TPSA) is 66.6 Å². The molecule has 138 valence electrons. The lowest BCUT2D eigenvalue weighted by Crippen LogP contribution is -2.37. The average molecular weight is 371 g/mol. The molecule has 0 fully saturated rings. The number of nitrogens with zero attached hydrogens (tertiary/aromatic N) is 4. The molecular weight excluding hydrogens is 344 g/mol. The van der Waals surface area contributed by atoms with Crippen molar-refractivity contribution in [2.75, 3.05) is 13.6 Å². The van der Waals surface area contributed by atoms with E-state index in [1.54, 1.807) is 18.4 Å². The van der Waals surface area contributed by atoms with Gasteiger partial charge in [-0.3, -0.25) is 4.99 Å². The first kappa shape index (κ1) is 18.4. The zero-order valence-corrected chi connectivity index (χ0v) is 16.6. The van der Waals surface area contributed by atoms with Crippen molar-refractivity contribution in [3.63, 3.8) is 0 Å². The first-order valence-corrected chi connectivity index (χ1v) is 9.77. The molecule has 0 aliphatic rings. The molecule has 3 heterocycles. The second kappa shape index (κ2) is 8.31. The van der Waals surface area contributed by atoms with E-state index in [0.29, 0.717) is 12.5 Å². The fourth-order valence-corrected chi connectivity index (χ4v) is 3.58. The van der Waals surface area contributed by atoms with Crippen LogP contribution in [0.1, 0.15) is 41.7 Å². The highest BCUT2D eigenvalue weighted by molar-refractivity contribution is 7.09. The van der Waals surface area contributed by atoms with Crippen molar-refractivity contribution in [2.24, 2.45) is 4.99 Å². The monoisotopic (exact) mass is 370 g/mol. The number of hydrogen-bond acceptors (Lipinski definition) is 4. The summed E-state index contributed by atoms with van der Waals surface area (Å²) in [7, 11) is 1.78. The number of guanidine groups is 1. The van der Waals surface area contributed by atoms with Gasteiger partial charge in [0, 0.05) is 37.8 Å². The van der Waals surface area contributed by atoms with Gasteiger partial charge in [0.1, 0.15) is 10.7 Å². The van der Waals surface area contributed by atoms with E-state index in [-0.39, 0.29) is 0 Å². The third-order valence-corrected chi connectivity index (χ3v) is 5.06. The molecule has 0 radical (unpaired) electrons. The number of thiazole rings is 1. The molecule has 0 atom stereocenters. The molecule has 0 aromatic carbocycles. The summed E-state index contributed by atoms with van der Waals surface area (Å²) in [5, 5.41) is 9.87. The summed E-state index contributed by atoms with van der Waals surface area (Å²) < 4.78 is 2.08. The molecule has 0 bridgehead atoms. The van der Waals surface area contributed by atoms with E-state index in [1.807, 2.05) is 12.3 Å². The van der Waals surface area contributed by atoms with Gasteiger partial charge in [0.15, 0.2) is 5.96 Å². The van der Waals surface area contributed by atoms with Crippen LogP contribution in [0.3, 0.4) is 0 Å². The molecule has 2 N–H and O–H groups in total. The maximum Gasteiger partial charge on any atom is 0.191 e. The van der Waals surface area contributed by atoms with Gasteiger partial charge in [-0.1, -0.05) is 19.9 Å². The van der Waals surface area contributed by atoms with E-state index < -0.39 is 0 Å². The fraction of sp³-hybridized carbons (Fsp3) is 0.421. The number of imidazole rings is 1. The number of hydrogen-bond donors (Lipinski definition) is 2. The van der Waals surface area contributed by atoms with Gasteiger partial charge in [-0.15, -0.1) is 11.3 Å². The van der Waals surface area contributed by atoms with Gasteiger partial charge < -0.3 is 15.0 Å². The van der Waals surface area contributed by atoms with Crippen LogP contribution < -0.4 is 10.6 Å². The van der Waals surface area contributed by atoms with E-state index in [1.165, 1.54) is 5.56 Å². The van der Waals surface area contributed by atoms with Crippen LogP contribution in [-0.2, 0) is 13.0 Å². The number of aromatic nitrogens is 3. The van der Waals surface area contributed by atoms with Gasteiger partial charge >= 0.3 is 0 Å². The van der Waals surface area contributed by atoms with Crippen molar-refractivity contribution in [2.45, 2.75) is 39.7 Å². The predicted molar refractivity (Wildman–Crippen MR) is 108 cm³/mol. The summed E-state index contributed by atoms with van der Waals surface area (Å²) in [5.74, 6) is 1.25.